The van der Waals surface area contributed by atoms with Gasteiger partial charge in [0.05, 0.1) is 12.3 Å². The lowest BCUT2D eigenvalue weighted by molar-refractivity contribution is -0.122. The molecule has 1 heterocycles. The summed E-state index contributed by atoms with van der Waals surface area (Å²) in [4.78, 5) is 40.5. The van der Waals surface area contributed by atoms with Crippen molar-refractivity contribution in [3.05, 3.63) is 64.7 Å². The molecule has 11 heteroatoms. The van der Waals surface area contributed by atoms with E-state index in [4.69, 9.17) is 16.2 Å². The van der Waals surface area contributed by atoms with Gasteiger partial charge in [0.1, 0.15) is 22.4 Å². The highest BCUT2D eigenvalue weighted by molar-refractivity contribution is 7.09. The van der Waals surface area contributed by atoms with Gasteiger partial charge in [-0.1, -0.05) is 32.0 Å². The van der Waals surface area contributed by atoms with Crippen LogP contribution in [0.1, 0.15) is 59.0 Å². The summed E-state index contributed by atoms with van der Waals surface area (Å²) in [5.74, 6) is -1.11. The van der Waals surface area contributed by atoms with Crippen molar-refractivity contribution in [2.45, 2.75) is 33.2 Å². The molecule has 6 N–H and O–H groups in total. The SMILES string of the molecule is CCOc1ccc([C@H](C(=O)NCCC(C)C)N(C(=O)c2snc(C(N)=O)c2N)c2cccc(O)c2)cc1. The quantitative estimate of drug-likeness (QED) is 0.298. The number of anilines is 2. The Labute approximate surface area is 219 Å². The molecule has 0 bridgehead atoms. The Morgan fingerprint density at radius 3 is 2.43 bits per heavy atom. The standard InChI is InChI=1S/C26H31N5O5S/c1-4-36-19-10-8-16(9-11-19)22(25(34)29-13-12-15(2)3)31(17-6-5-7-18(32)14-17)26(35)23-20(27)21(24(28)33)30-37-23/h5-11,14-15,22,32H,4,12-13,27H2,1-3H3,(H2,28,33)(H,29,34)/t22-/m1/s1. The molecule has 2 aromatic carbocycles. The zero-order valence-electron chi connectivity index (χ0n) is 20.9. The Bertz CT molecular complexity index is 1260. The topological polar surface area (TPSA) is 161 Å². The Hall–Kier alpha value is -4.12. The highest BCUT2D eigenvalue weighted by atomic mass is 32.1. The smallest absolute Gasteiger partial charge is 0.273 e. The van der Waals surface area contributed by atoms with Crippen LogP contribution >= 0.6 is 11.5 Å². The minimum absolute atomic E-state index is 0.0527. The fourth-order valence-corrected chi connectivity index (χ4v) is 4.42. The Balaban J connectivity index is 2.15. The number of nitrogen functional groups attached to an aromatic ring is 1. The Morgan fingerprint density at radius 2 is 1.86 bits per heavy atom. The monoisotopic (exact) mass is 525 g/mol. The van der Waals surface area contributed by atoms with Crippen LogP contribution in [0, 0.1) is 5.92 Å². The van der Waals surface area contributed by atoms with E-state index in [0.29, 0.717) is 41.9 Å². The summed E-state index contributed by atoms with van der Waals surface area (Å²) in [5, 5.41) is 13.1. The molecule has 0 saturated carbocycles. The summed E-state index contributed by atoms with van der Waals surface area (Å²) >= 11 is 0.714. The number of benzene rings is 2. The van der Waals surface area contributed by atoms with Crippen molar-refractivity contribution >= 4 is 40.6 Å². The van der Waals surface area contributed by atoms with Crippen molar-refractivity contribution in [2.75, 3.05) is 23.8 Å². The molecule has 0 radical (unpaired) electrons. The van der Waals surface area contributed by atoms with E-state index < -0.39 is 23.8 Å². The van der Waals surface area contributed by atoms with Crippen LogP contribution < -0.4 is 26.4 Å². The number of aromatic hydroxyl groups is 1. The van der Waals surface area contributed by atoms with Crippen LogP contribution in [0.15, 0.2) is 48.5 Å². The predicted molar refractivity (Wildman–Crippen MR) is 143 cm³/mol. The minimum atomic E-state index is -1.14. The van der Waals surface area contributed by atoms with Crippen LogP contribution in [0.25, 0.3) is 0 Å². The lowest BCUT2D eigenvalue weighted by Crippen LogP contribution is -2.44. The van der Waals surface area contributed by atoms with Gasteiger partial charge in [-0.3, -0.25) is 19.3 Å². The van der Waals surface area contributed by atoms with E-state index in [1.165, 1.54) is 17.0 Å². The molecule has 3 aromatic rings. The highest BCUT2D eigenvalue weighted by Crippen LogP contribution is 2.35. The first-order valence-electron chi connectivity index (χ1n) is 11.8. The second-order valence-corrected chi connectivity index (χ2v) is 9.48. The van der Waals surface area contributed by atoms with Crippen LogP contribution in [0.5, 0.6) is 11.5 Å². The lowest BCUT2D eigenvalue weighted by atomic mass is 10.0. The number of amides is 3. The molecular formula is C26H31N5O5S. The number of aromatic nitrogens is 1. The number of primary amides is 1. The summed E-state index contributed by atoms with van der Waals surface area (Å²) in [6, 6.07) is 11.6. The van der Waals surface area contributed by atoms with Gasteiger partial charge in [-0.05, 0) is 60.6 Å². The largest absolute Gasteiger partial charge is 0.508 e. The molecule has 3 amide bonds. The summed E-state index contributed by atoms with van der Waals surface area (Å²) < 4.78 is 9.47. The number of carbonyl (C=O) groups is 3. The normalized spacial score (nSPS) is 11.7. The maximum Gasteiger partial charge on any atom is 0.273 e. The van der Waals surface area contributed by atoms with Gasteiger partial charge in [-0.25, -0.2) is 0 Å². The fraction of sp³-hybridized carbons (Fsp3) is 0.308. The van der Waals surface area contributed by atoms with E-state index in [9.17, 15) is 19.5 Å². The molecule has 196 valence electrons. The van der Waals surface area contributed by atoms with Crippen LogP contribution in [0.3, 0.4) is 0 Å². The zero-order chi connectivity index (χ0) is 27.1. The molecule has 0 aliphatic carbocycles. The molecule has 0 aliphatic rings. The molecule has 0 spiro atoms. The van der Waals surface area contributed by atoms with E-state index in [1.807, 2.05) is 20.8 Å². The van der Waals surface area contributed by atoms with Crippen molar-refractivity contribution in [1.82, 2.24) is 9.69 Å². The maximum absolute atomic E-state index is 14.0. The third-order valence-electron chi connectivity index (χ3n) is 5.52. The number of nitrogens with zero attached hydrogens (tertiary/aromatic N) is 2. The fourth-order valence-electron chi connectivity index (χ4n) is 3.68. The number of carbonyl (C=O) groups excluding carboxylic acids is 3. The zero-order valence-corrected chi connectivity index (χ0v) is 21.7. The minimum Gasteiger partial charge on any atom is -0.508 e. The summed E-state index contributed by atoms with van der Waals surface area (Å²) in [6.45, 7) is 6.82. The predicted octanol–water partition coefficient (Wildman–Crippen LogP) is 3.48. The molecule has 3 rings (SSSR count). The van der Waals surface area contributed by atoms with Gasteiger partial charge >= 0.3 is 0 Å². The molecule has 0 fully saturated rings. The highest BCUT2D eigenvalue weighted by Gasteiger charge is 2.36. The summed E-state index contributed by atoms with van der Waals surface area (Å²) in [7, 11) is 0. The summed E-state index contributed by atoms with van der Waals surface area (Å²) in [6.07, 6.45) is 0.742. The second kappa shape index (κ2) is 12.2. The van der Waals surface area contributed by atoms with E-state index in [2.05, 4.69) is 9.69 Å². The first-order valence-corrected chi connectivity index (χ1v) is 12.6. The van der Waals surface area contributed by atoms with Crippen molar-refractivity contribution < 1.29 is 24.2 Å². The van der Waals surface area contributed by atoms with Crippen molar-refractivity contribution in [2.24, 2.45) is 11.7 Å². The number of nitrogens with two attached hydrogens (primary N) is 2. The number of hydrogen-bond donors (Lipinski definition) is 4. The van der Waals surface area contributed by atoms with E-state index in [1.54, 1.807) is 36.4 Å². The van der Waals surface area contributed by atoms with Crippen molar-refractivity contribution in [3.63, 3.8) is 0 Å². The van der Waals surface area contributed by atoms with Gasteiger partial charge in [0, 0.05) is 18.3 Å². The van der Waals surface area contributed by atoms with Gasteiger partial charge < -0.3 is 26.6 Å². The Kier molecular flexibility index (Phi) is 9.07. The number of ether oxygens (including phenoxy) is 1. The van der Waals surface area contributed by atoms with E-state index in [-0.39, 0.29) is 27.7 Å². The molecule has 10 nitrogen and oxygen atoms in total. The number of hydrogen-bond acceptors (Lipinski definition) is 8. The first kappa shape index (κ1) is 27.5. The van der Waals surface area contributed by atoms with Crippen LogP contribution in [-0.4, -0.2) is 40.4 Å². The van der Waals surface area contributed by atoms with E-state index in [0.717, 1.165) is 6.42 Å². The van der Waals surface area contributed by atoms with Crippen molar-refractivity contribution in [1.29, 1.82) is 0 Å². The van der Waals surface area contributed by atoms with Gasteiger partial charge in [0.2, 0.25) is 5.91 Å². The van der Waals surface area contributed by atoms with Gasteiger partial charge in [-0.15, -0.1) is 0 Å². The number of phenols is 1. The summed E-state index contributed by atoms with van der Waals surface area (Å²) in [5.41, 5.74) is 11.8. The lowest BCUT2D eigenvalue weighted by Gasteiger charge is -2.31. The second-order valence-electron chi connectivity index (χ2n) is 8.71. The molecule has 1 atom stereocenters. The van der Waals surface area contributed by atoms with Crippen molar-refractivity contribution in [3.8, 4) is 11.5 Å². The van der Waals surface area contributed by atoms with Crippen LogP contribution in [0.4, 0.5) is 11.4 Å². The third kappa shape index (κ3) is 6.56. The molecule has 0 aliphatic heterocycles. The Morgan fingerprint density at radius 1 is 1.16 bits per heavy atom. The number of rotatable bonds is 11. The average molecular weight is 526 g/mol. The molecule has 37 heavy (non-hydrogen) atoms. The number of nitrogens with one attached hydrogen (secondary N) is 1. The number of phenolic OH excluding ortho intramolecular Hbond substituents is 1. The average Bonchev–Trinajstić information content (AvgIpc) is 3.24. The van der Waals surface area contributed by atoms with Gasteiger partial charge in [0.25, 0.3) is 11.8 Å². The first-order chi connectivity index (χ1) is 17.6. The third-order valence-corrected chi connectivity index (χ3v) is 6.37. The molecule has 1 aromatic heterocycles. The van der Waals surface area contributed by atoms with Gasteiger partial charge in [0.15, 0.2) is 5.69 Å². The molecule has 0 unspecified atom stereocenters. The molecular weight excluding hydrogens is 494 g/mol. The molecule has 0 saturated heterocycles. The van der Waals surface area contributed by atoms with E-state index >= 15 is 0 Å². The van der Waals surface area contributed by atoms with Crippen LogP contribution in [0.2, 0.25) is 0 Å². The van der Waals surface area contributed by atoms with Gasteiger partial charge in [-0.2, -0.15) is 4.37 Å². The maximum atomic E-state index is 14.0. The van der Waals surface area contributed by atoms with Crippen LogP contribution in [-0.2, 0) is 4.79 Å².